The molecule has 2 aromatic rings. The van der Waals surface area contributed by atoms with E-state index >= 15 is 0 Å². The van der Waals surface area contributed by atoms with Gasteiger partial charge in [-0.15, -0.1) is 0 Å². The van der Waals surface area contributed by atoms with E-state index in [4.69, 9.17) is 9.15 Å². The molecule has 0 saturated carbocycles. The Balaban J connectivity index is 1.44. The smallest absolute Gasteiger partial charge is 0.226 e. The first-order valence-corrected chi connectivity index (χ1v) is 9.47. The molecule has 1 aliphatic heterocycles. The second-order valence-corrected chi connectivity index (χ2v) is 6.69. The second kappa shape index (κ2) is 10.1. The Morgan fingerprint density at radius 3 is 2.78 bits per heavy atom. The van der Waals surface area contributed by atoms with E-state index in [1.165, 1.54) is 0 Å². The molecule has 0 aliphatic carbocycles. The molecule has 0 amide bonds. The number of ether oxygens (including phenoxy) is 1. The average molecular weight is 371 g/mol. The number of likely N-dealkylation sites (tertiary alicyclic amines) is 1. The Kier molecular flexibility index (Phi) is 7.24. The lowest BCUT2D eigenvalue weighted by Gasteiger charge is -2.32. The number of hydrogen-bond donors (Lipinski definition) is 2. The molecule has 1 aliphatic rings. The lowest BCUT2D eigenvalue weighted by atomic mass is 10.1. The van der Waals surface area contributed by atoms with Gasteiger partial charge in [-0.2, -0.15) is 0 Å². The summed E-state index contributed by atoms with van der Waals surface area (Å²) in [5.74, 6) is 1.44. The molecule has 27 heavy (non-hydrogen) atoms. The van der Waals surface area contributed by atoms with E-state index in [2.05, 4.69) is 25.5 Å². The fourth-order valence-electron chi connectivity index (χ4n) is 3.19. The molecule has 7 nitrogen and oxygen atoms in total. The minimum absolute atomic E-state index is 0.437. The molecule has 1 aromatic carbocycles. The molecule has 0 bridgehead atoms. The van der Waals surface area contributed by atoms with E-state index < -0.39 is 0 Å². The summed E-state index contributed by atoms with van der Waals surface area (Å²) in [4.78, 5) is 11.3. The van der Waals surface area contributed by atoms with E-state index in [0.717, 1.165) is 56.3 Å². The summed E-state index contributed by atoms with van der Waals surface area (Å²) in [6, 6.07) is 10.3. The minimum Gasteiger partial charge on any atom is -0.444 e. The van der Waals surface area contributed by atoms with Gasteiger partial charge in [0.15, 0.2) is 5.96 Å². The number of aliphatic imine (C=N–C) groups is 1. The molecule has 1 saturated heterocycles. The molecule has 0 spiro atoms. The van der Waals surface area contributed by atoms with Crippen LogP contribution in [0.25, 0.3) is 11.5 Å². The summed E-state index contributed by atoms with van der Waals surface area (Å²) in [5.41, 5.74) is 1.83. The number of oxazole rings is 1. The van der Waals surface area contributed by atoms with Crippen molar-refractivity contribution >= 4 is 5.96 Å². The number of benzene rings is 1. The van der Waals surface area contributed by atoms with Crippen LogP contribution in [-0.2, 0) is 11.3 Å². The van der Waals surface area contributed by atoms with Crippen molar-refractivity contribution in [2.24, 2.45) is 4.99 Å². The zero-order chi connectivity index (χ0) is 18.9. The van der Waals surface area contributed by atoms with Gasteiger partial charge in [0.1, 0.15) is 6.26 Å². The van der Waals surface area contributed by atoms with Crippen molar-refractivity contribution in [3.05, 3.63) is 42.3 Å². The third-order valence-corrected chi connectivity index (χ3v) is 4.77. The van der Waals surface area contributed by atoms with Crippen LogP contribution < -0.4 is 10.6 Å². The molecule has 0 radical (unpaired) electrons. The Labute approximate surface area is 160 Å². The summed E-state index contributed by atoms with van der Waals surface area (Å²) < 4.78 is 10.7. The maximum Gasteiger partial charge on any atom is 0.226 e. The number of hydrogen-bond acceptors (Lipinski definition) is 5. The molecule has 0 unspecified atom stereocenters. The van der Waals surface area contributed by atoms with E-state index in [9.17, 15) is 0 Å². The van der Waals surface area contributed by atoms with Gasteiger partial charge in [0.05, 0.1) is 18.8 Å². The average Bonchev–Trinajstić information content (AvgIpc) is 3.20. The summed E-state index contributed by atoms with van der Waals surface area (Å²) in [5, 5.41) is 6.84. The highest BCUT2D eigenvalue weighted by molar-refractivity contribution is 5.79. The predicted molar refractivity (Wildman–Crippen MR) is 107 cm³/mol. The van der Waals surface area contributed by atoms with Crippen molar-refractivity contribution in [1.82, 2.24) is 20.5 Å². The molecule has 1 aromatic heterocycles. The molecule has 2 heterocycles. The van der Waals surface area contributed by atoms with Crippen molar-refractivity contribution < 1.29 is 9.15 Å². The molecular formula is C20H29N5O2. The normalized spacial score (nSPS) is 16.4. The molecule has 2 N–H and O–H groups in total. The van der Waals surface area contributed by atoms with Crippen LogP contribution in [0.3, 0.4) is 0 Å². The molecule has 0 atom stereocenters. The van der Waals surface area contributed by atoms with Crippen molar-refractivity contribution in [2.45, 2.75) is 25.4 Å². The number of nitrogens with one attached hydrogen (secondary N) is 2. The van der Waals surface area contributed by atoms with Crippen molar-refractivity contribution in [3.8, 4) is 11.5 Å². The van der Waals surface area contributed by atoms with Crippen LogP contribution in [-0.4, -0.2) is 62.3 Å². The summed E-state index contributed by atoms with van der Waals surface area (Å²) >= 11 is 0. The minimum atomic E-state index is 0.437. The van der Waals surface area contributed by atoms with Crippen molar-refractivity contribution in [2.75, 3.05) is 40.4 Å². The summed E-state index contributed by atoms with van der Waals surface area (Å²) in [6.45, 7) is 4.54. The fraction of sp³-hybridized carbons (Fsp3) is 0.500. The molecular weight excluding hydrogens is 342 g/mol. The Morgan fingerprint density at radius 1 is 1.30 bits per heavy atom. The molecule has 1 fully saturated rings. The highest BCUT2D eigenvalue weighted by atomic mass is 16.5. The van der Waals surface area contributed by atoms with E-state index in [1.54, 1.807) is 20.4 Å². The van der Waals surface area contributed by atoms with Gasteiger partial charge in [0.25, 0.3) is 0 Å². The van der Waals surface area contributed by atoms with Gasteiger partial charge in [-0.25, -0.2) is 4.98 Å². The van der Waals surface area contributed by atoms with Crippen molar-refractivity contribution in [1.29, 1.82) is 0 Å². The van der Waals surface area contributed by atoms with Crippen molar-refractivity contribution in [3.63, 3.8) is 0 Å². The number of piperidine rings is 1. The lowest BCUT2D eigenvalue weighted by molar-refractivity contribution is 0.128. The van der Waals surface area contributed by atoms with Crippen LogP contribution in [0.15, 0.2) is 46.0 Å². The zero-order valence-corrected chi connectivity index (χ0v) is 16.1. The fourth-order valence-corrected chi connectivity index (χ4v) is 3.19. The van der Waals surface area contributed by atoms with Gasteiger partial charge in [-0.05, 0) is 25.0 Å². The number of methoxy groups -OCH3 is 1. The maximum atomic E-state index is 5.58. The van der Waals surface area contributed by atoms with Gasteiger partial charge in [-0.1, -0.05) is 18.2 Å². The second-order valence-electron chi connectivity index (χ2n) is 6.69. The topological polar surface area (TPSA) is 74.9 Å². The highest BCUT2D eigenvalue weighted by Gasteiger charge is 2.19. The first kappa shape index (κ1) is 19.4. The predicted octanol–water partition coefficient (Wildman–Crippen LogP) is 2.12. The van der Waals surface area contributed by atoms with Crippen LogP contribution in [0.1, 0.15) is 18.5 Å². The maximum absolute atomic E-state index is 5.58. The third-order valence-electron chi connectivity index (χ3n) is 4.77. The summed E-state index contributed by atoms with van der Waals surface area (Å²) in [7, 11) is 3.54. The van der Waals surface area contributed by atoms with E-state index in [-0.39, 0.29) is 0 Å². The summed E-state index contributed by atoms with van der Waals surface area (Å²) in [6.07, 6.45) is 3.90. The van der Waals surface area contributed by atoms with Gasteiger partial charge in [0, 0.05) is 45.4 Å². The first-order valence-electron chi connectivity index (χ1n) is 9.47. The van der Waals surface area contributed by atoms with Gasteiger partial charge < -0.3 is 24.7 Å². The highest BCUT2D eigenvalue weighted by Crippen LogP contribution is 2.17. The zero-order valence-electron chi connectivity index (χ0n) is 16.1. The SMILES string of the molecule is CN=C(NCc1coc(-c2ccccc2)n1)NC1CCN(CCOC)CC1. The Bertz CT molecular complexity index is 708. The largest absolute Gasteiger partial charge is 0.444 e. The van der Waals surface area contributed by atoms with Crippen LogP contribution in [0, 0.1) is 0 Å². The van der Waals surface area contributed by atoms with Crippen LogP contribution in [0.4, 0.5) is 0 Å². The van der Waals surface area contributed by atoms with Crippen LogP contribution in [0.5, 0.6) is 0 Å². The van der Waals surface area contributed by atoms with Crippen LogP contribution in [0.2, 0.25) is 0 Å². The van der Waals surface area contributed by atoms with Gasteiger partial charge >= 0.3 is 0 Å². The number of guanidine groups is 1. The van der Waals surface area contributed by atoms with E-state index in [0.29, 0.717) is 18.5 Å². The number of nitrogens with zero attached hydrogens (tertiary/aromatic N) is 3. The molecule has 146 valence electrons. The number of rotatable bonds is 7. The monoisotopic (exact) mass is 371 g/mol. The third kappa shape index (κ3) is 5.80. The molecule has 3 rings (SSSR count). The van der Waals surface area contributed by atoms with Gasteiger partial charge in [-0.3, -0.25) is 4.99 Å². The Morgan fingerprint density at radius 2 is 2.07 bits per heavy atom. The van der Waals surface area contributed by atoms with E-state index in [1.807, 2.05) is 30.3 Å². The molecule has 7 heteroatoms. The quantitative estimate of drug-likeness (QED) is 0.574. The lowest BCUT2D eigenvalue weighted by Crippen LogP contribution is -2.48. The Hall–Kier alpha value is -2.38. The standard InChI is InChI=1S/C20H29N5O2/c1-21-20(24-17-8-10-25(11-9-17)12-13-26-2)22-14-18-15-27-19(23-18)16-6-4-3-5-7-16/h3-7,15,17H,8-14H2,1-2H3,(H2,21,22,24). The first-order chi connectivity index (χ1) is 13.3. The number of aromatic nitrogens is 1. The van der Waals surface area contributed by atoms with Crippen LogP contribution >= 0.6 is 0 Å². The van der Waals surface area contributed by atoms with Gasteiger partial charge in [0.2, 0.25) is 5.89 Å².